The Labute approximate surface area is 132 Å². The zero-order valence-electron chi connectivity index (χ0n) is 10.2. The van der Waals surface area contributed by atoms with E-state index in [9.17, 15) is 14.9 Å². The largest absolute Gasteiger partial charge is 0.478 e. The van der Waals surface area contributed by atoms with E-state index >= 15 is 0 Å². The molecule has 2 rings (SSSR count). The molecule has 0 aliphatic carbocycles. The summed E-state index contributed by atoms with van der Waals surface area (Å²) in [5, 5.41) is 20.3. The zero-order chi connectivity index (χ0) is 15.6. The summed E-state index contributed by atoms with van der Waals surface area (Å²) in [4.78, 5) is 21.4. The highest BCUT2D eigenvalue weighted by atomic mass is 79.9. The summed E-state index contributed by atoms with van der Waals surface area (Å²) < 4.78 is 5.57. The van der Waals surface area contributed by atoms with Crippen LogP contribution >= 0.6 is 27.5 Å². The molecular formula is C13H7BrClNO5. The highest BCUT2D eigenvalue weighted by molar-refractivity contribution is 9.10. The molecule has 1 N–H and O–H groups in total. The minimum atomic E-state index is -1.19. The summed E-state index contributed by atoms with van der Waals surface area (Å²) in [6.45, 7) is 0. The summed E-state index contributed by atoms with van der Waals surface area (Å²) >= 11 is 8.89. The second kappa shape index (κ2) is 6.11. The number of aromatic carboxylic acids is 1. The van der Waals surface area contributed by atoms with Gasteiger partial charge in [0, 0.05) is 17.2 Å². The average Bonchev–Trinajstić information content (AvgIpc) is 2.40. The van der Waals surface area contributed by atoms with Gasteiger partial charge in [-0.3, -0.25) is 10.1 Å². The molecule has 2 aromatic carbocycles. The Balaban J connectivity index is 2.48. The number of halogens is 2. The van der Waals surface area contributed by atoms with Crippen molar-refractivity contribution in [3.05, 3.63) is 61.6 Å². The monoisotopic (exact) mass is 371 g/mol. The molecule has 0 atom stereocenters. The third-order valence-corrected chi connectivity index (χ3v) is 3.57. The maximum absolute atomic E-state index is 11.1. The number of hydrogen-bond acceptors (Lipinski definition) is 4. The number of nitro benzene ring substituents is 1. The lowest BCUT2D eigenvalue weighted by Gasteiger charge is -2.10. The first kappa shape index (κ1) is 15.3. The topological polar surface area (TPSA) is 89.7 Å². The van der Waals surface area contributed by atoms with E-state index in [1.54, 1.807) is 0 Å². The lowest BCUT2D eigenvalue weighted by Crippen LogP contribution is -2.00. The molecule has 0 saturated heterocycles. The molecule has 108 valence electrons. The van der Waals surface area contributed by atoms with Gasteiger partial charge in [0.1, 0.15) is 21.5 Å². The summed E-state index contributed by atoms with van der Waals surface area (Å²) in [5.74, 6) is -1.08. The van der Waals surface area contributed by atoms with Crippen molar-refractivity contribution in [1.29, 1.82) is 0 Å². The van der Waals surface area contributed by atoms with Crippen LogP contribution in [0.3, 0.4) is 0 Å². The van der Waals surface area contributed by atoms with Crippen LogP contribution in [0.25, 0.3) is 0 Å². The molecule has 0 amide bonds. The van der Waals surface area contributed by atoms with Gasteiger partial charge in [-0.1, -0.05) is 17.7 Å². The Kier molecular flexibility index (Phi) is 4.44. The van der Waals surface area contributed by atoms with Crippen molar-refractivity contribution in [1.82, 2.24) is 0 Å². The number of carboxylic acid groups (broad SMARTS) is 1. The number of rotatable bonds is 4. The van der Waals surface area contributed by atoms with Crippen molar-refractivity contribution < 1.29 is 19.6 Å². The second-order valence-corrected chi connectivity index (χ2v) is 5.12. The van der Waals surface area contributed by atoms with Crippen LogP contribution in [0, 0.1) is 10.1 Å². The average molecular weight is 373 g/mol. The van der Waals surface area contributed by atoms with Crippen LogP contribution < -0.4 is 4.74 Å². The molecule has 0 fully saturated rings. The molecule has 6 nitrogen and oxygen atoms in total. The van der Waals surface area contributed by atoms with Gasteiger partial charge in [-0.25, -0.2) is 4.79 Å². The third kappa shape index (κ3) is 3.32. The van der Waals surface area contributed by atoms with Gasteiger partial charge in [-0.2, -0.15) is 0 Å². The number of ether oxygens (including phenoxy) is 1. The van der Waals surface area contributed by atoms with Crippen LogP contribution in [0.2, 0.25) is 5.02 Å². The highest BCUT2D eigenvalue weighted by Gasteiger charge is 2.19. The maximum atomic E-state index is 11.1. The van der Waals surface area contributed by atoms with Crippen LogP contribution in [-0.4, -0.2) is 16.0 Å². The van der Waals surface area contributed by atoms with Crippen molar-refractivity contribution in [3.8, 4) is 11.5 Å². The molecule has 8 heteroatoms. The molecular weight excluding hydrogens is 366 g/mol. The lowest BCUT2D eigenvalue weighted by atomic mass is 10.2. The van der Waals surface area contributed by atoms with Crippen LogP contribution in [-0.2, 0) is 0 Å². The smallest absolute Gasteiger partial charge is 0.339 e. The van der Waals surface area contributed by atoms with Gasteiger partial charge in [0.2, 0.25) is 0 Å². The normalized spacial score (nSPS) is 10.2. The van der Waals surface area contributed by atoms with Gasteiger partial charge in [0.05, 0.1) is 4.92 Å². The zero-order valence-corrected chi connectivity index (χ0v) is 12.6. The third-order valence-electron chi connectivity index (χ3n) is 2.53. The Morgan fingerprint density at radius 2 is 2.00 bits per heavy atom. The number of benzene rings is 2. The Morgan fingerprint density at radius 3 is 2.62 bits per heavy atom. The number of carbonyl (C=O) groups is 1. The van der Waals surface area contributed by atoms with Gasteiger partial charge in [-0.15, -0.1) is 0 Å². The predicted molar refractivity (Wildman–Crippen MR) is 79.3 cm³/mol. The van der Waals surface area contributed by atoms with E-state index in [2.05, 4.69) is 15.9 Å². The molecule has 0 aromatic heterocycles. The van der Waals surface area contributed by atoms with Gasteiger partial charge in [0.25, 0.3) is 5.69 Å². The minimum absolute atomic E-state index is 0.00352. The minimum Gasteiger partial charge on any atom is -0.478 e. The first-order valence-electron chi connectivity index (χ1n) is 5.53. The molecule has 0 aliphatic heterocycles. The van der Waals surface area contributed by atoms with Crippen molar-refractivity contribution in [2.24, 2.45) is 0 Å². The maximum Gasteiger partial charge on any atom is 0.339 e. The molecule has 0 saturated carbocycles. The predicted octanol–water partition coefficient (Wildman–Crippen LogP) is 4.50. The molecule has 0 bridgehead atoms. The van der Waals surface area contributed by atoms with Gasteiger partial charge in [-0.05, 0) is 34.1 Å². The fourth-order valence-corrected chi connectivity index (χ4v) is 2.25. The molecule has 0 aliphatic rings. The highest BCUT2D eigenvalue weighted by Crippen LogP contribution is 2.38. The molecule has 2 aromatic rings. The number of nitrogens with zero attached hydrogens (tertiary/aromatic N) is 1. The van der Waals surface area contributed by atoms with Crippen LogP contribution in [0.15, 0.2) is 40.9 Å². The van der Waals surface area contributed by atoms with Gasteiger partial charge >= 0.3 is 5.97 Å². The van der Waals surface area contributed by atoms with Crippen molar-refractivity contribution in [3.63, 3.8) is 0 Å². The standard InChI is InChI=1S/C13H7BrClNO5/c14-12-9(16(19)20)2-1-3-10(12)21-11-6-7(15)4-5-8(11)13(17)18/h1-6H,(H,17,18). The van der Waals surface area contributed by atoms with Crippen LogP contribution in [0.4, 0.5) is 5.69 Å². The summed E-state index contributed by atoms with van der Waals surface area (Å²) in [6.07, 6.45) is 0. The van der Waals surface area contributed by atoms with Crippen molar-refractivity contribution >= 4 is 39.2 Å². The molecule has 0 unspecified atom stereocenters. The van der Waals surface area contributed by atoms with Gasteiger partial charge < -0.3 is 9.84 Å². The number of carboxylic acids is 1. The lowest BCUT2D eigenvalue weighted by molar-refractivity contribution is -0.385. The van der Waals surface area contributed by atoms with E-state index in [0.29, 0.717) is 0 Å². The summed E-state index contributed by atoms with van der Waals surface area (Å²) in [7, 11) is 0. The van der Waals surface area contributed by atoms with E-state index in [1.807, 2.05) is 0 Å². The first-order valence-corrected chi connectivity index (χ1v) is 6.71. The Morgan fingerprint density at radius 1 is 1.29 bits per heavy atom. The van der Waals surface area contributed by atoms with E-state index in [-0.39, 0.29) is 32.2 Å². The van der Waals surface area contributed by atoms with Crippen LogP contribution in [0.1, 0.15) is 10.4 Å². The van der Waals surface area contributed by atoms with Crippen molar-refractivity contribution in [2.45, 2.75) is 0 Å². The summed E-state index contributed by atoms with van der Waals surface area (Å²) in [6, 6.07) is 8.25. The fraction of sp³-hybridized carbons (Fsp3) is 0. The SMILES string of the molecule is O=C(O)c1ccc(Cl)cc1Oc1cccc([N+](=O)[O-])c1Br. The molecule has 0 spiro atoms. The second-order valence-electron chi connectivity index (χ2n) is 3.89. The van der Waals surface area contributed by atoms with E-state index in [0.717, 1.165) is 0 Å². The Hall–Kier alpha value is -2.12. The van der Waals surface area contributed by atoms with Crippen molar-refractivity contribution in [2.75, 3.05) is 0 Å². The summed E-state index contributed by atoms with van der Waals surface area (Å²) in [5.41, 5.74) is -0.288. The van der Waals surface area contributed by atoms with E-state index in [4.69, 9.17) is 21.4 Å². The van der Waals surface area contributed by atoms with E-state index < -0.39 is 10.9 Å². The quantitative estimate of drug-likeness (QED) is 0.630. The molecule has 21 heavy (non-hydrogen) atoms. The van der Waals surface area contributed by atoms with Gasteiger partial charge in [0.15, 0.2) is 0 Å². The van der Waals surface area contributed by atoms with E-state index in [1.165, 1.54) is 36.4 Å². The molecule has 0 radical (unpaired) electrons. The molecule has 0 heterocycles. The number of nitro groups is 1. The Bertz CT molecular complexity index is 734. The number of hydrogen-bond donors (Lipinski definition) is 1. The fourth-order valence-electron chi connectivity index (χ4n) is 1.59. The van der Waals surface area contributed by atoms with Crippen LogP contribution in [0.5, 0.6) is 11.5 Å². The first-order chi connectivity index (χ1) is 9.90.